The lowest BCUT2D eigenvalue weighted by molar-refractivity contribution is 0.470. The van der Waals surface area contributed by atoms with Gasteiger partial charge in [0.25, 0.3) is 0 Å². The zero-order valence-electron chi connectivity index (χ0n) is 17.2. The fourth-order valence-corrected chi connectivity index (χ4v) is 4.25. The Hall–Kier alpha value is -2.88. The number of aromatic nitrogens is 2. The van der Waals surface area contributed by atoms with E-state index in [-0.39, 0.29) is 0 Å². The summed E-state index contributed by atoms with van der Waals surface area (Å²) in [4.78, 5) is 10.3. The molecule has 0 spiro atoms. The van der Waals surface area contributed by atoms with E-state index in [4.69, 9.17) is 4.98 Å². The van der Waals surface area contributed by atoms with E-state index in [9.17, 15) is 0 Å². The maximum absolute atomic E-state index is 5.02. The molecule has 0 aliphatic heterocycles. The van der Waals surface area contributed by atoms with Gasteiger partial charge in [0.05, 0.1) is 23.3 Å². The second-order valence-electron chi connectivity index (χ2n) is 7.00. The first-order valence-electron chi connectivity index (χ1n) is 9.94. The second-order valence-corrected chi connectivity index (χ2v) is 8.03. The van der Waals surface area contributed by atoms with Gasteiger partial charge in [-0.3, -0.25) is 0 Å². The van der Waals surface area contributed by atoms with Crippen molar-refractivity contribution in [3.63, 3.8) is 0 Å². The van der Waals surface area contributed by atoms with Crippen molar-refractivity contribution in [2.75, 3.05) is 6.54 Å². The quantitative estimate of drug-likeness (QED) is 0.422. The minimum Gasteiger partial charge on any atom is -0.379 e. The van der Waals surface area contributed by atoms with Gasteiger partial charge in [0, 0.05) is 23.0 Å². The summed E-state index contributed by atoms with van der Waals surface area (Å²) in [6.07, 6.45) is 3.03. The number of aliphatic imine (C=N–C) groups is 1. The van der Waals surface area contributed by atoms with Crippen LogP contribution in [0.15, 0.2) is 66.1 Å². The second kappa shape index (κ2) is 9.55. The van der Waals surface area contributed by atoms with E-state index in [1.54, 1.807) is 11.3 Å². The molecule has 29 heavy (non-hydrogen) atoms. The highest BCUT2D eigenvalue weighted by atomic mass is 32.1. The summed E-state index contributed by atoms with van der Waals surface area (Å²) in [6, 6.07) is 11.1. The van der Waals surface area contributed by atoms with Gasteiger partial charge < -0.3 is 9.88 Å². The van der Waals surface area contributed by atoms with Crippen molar-refractivity contribution in [2.45, 2.75) is 39.2 Å². The third-order valence-corrected chi connectivity index (χ3v) is 5.95. The summed E-state index contributed by atoms with van der Waals surface area (Å²) < 4.78 is 2.43. The summed E-state index contributed by atoms with van der Waals surface area (Å²) in [5, 5.41) is 5.39. The van der Waals surface area contributed by atoms with E-state index in [2.05, 4.69) is 90.0 Å². The Bertz CT molecular complexity index is 1050. The maximum Gasteiger partial charge on any atom is 0.115 e. The van der Waals surface area contributed by atoms with Gasteiger partial charge in [-0.1, -0.05) is 39.1 Å². The van der Waals surface area contributed by atoms with Crippen molar-refractivity contribution in [1.82, 2.24) is 14.9 Å². The van der Waals surface area contributed by atoms with Gasteiger partial charge in [0.15, 0.2) is 0 Å². The number of fused-ring (bicyclic) bond motifs is 1. The number of hydrogen-bond acceptors (Lipinski definition) is 4. The molecule has 1 N–H and O–H groups in total. The smallest absolute Gasteiger partial charge is 0.115 e. The molecule has 0 unspecified atom stereocenters. The van der Waals surface area contributed by atoms with E-state index in [1.807, 2.05) is 0 Å². The van der Waals surface area contributed by atoms with Crippen molar-refractivity contribution in [3.8, 4) is 0 Å². The number of nitrogens with zero attached hydrogens (tertiary/aromatic N) is 3. The third kappa shape index (κ3) is 4.76. The number of hydrogen-bond donors (Lipinski definition) is 1. The van der Waals surface area contributed by atoms with Gasteiger partial charge in [0.1, 0.15) is 5.82 Å². The first kappa shape index (κ1) is 20.8. The molecule has 0 atom stereocenters. The van der Waals surface area contributed by atoms with Gasteiger partial charge in [-0.05, 0) is 54.4 Å². The van der Waals surface area contributed by atoms with Crippen molar-refractivity contribution < 1.29 is 0 Å². The molecule has 0 amide bonds. The van der Waals surface area contributed by atoms with Gasteiger partial charge >= 0.3 is 0 Å². The Labute approximate surface area is 177 Å². The molecular weight excluding hydrogens is 376 g/mol. The SMILES string of the molecule is C=C=NC(=C)CNC(=C)c1ccc2c(c1)nc(Cc1cccs1)n2C(CC)CC. The first-order chi connectivity index (χ1) is 14.1. The number of benzene rings is 1. The Kier molecular flexibility index (Phi) is 6.86. The van der Waals surface area contributed by atoms with Crippen molar-refractivity contribution >= 4 is 33.9 Å². The number of rotatable bonds is 10. The van der Waals surface area contributed by atoms with Crippen molar-refractivity contribution in [2.24, 2.45) is 4.99 Å². The lowest BCUT2D eigenvalue weighted by atomic mass is 10.1. The number of nitrogens with one attached hydrogen (secondary N) is 1. The molecule has 3 aromatic rings. The van der Waals surface area contributed by atoms with Gasteiger partial charge in [0.2, 0.25) is 0 Å². The molecule has 0 fully saturated rings. The number of imidazole rings is 1. The Morgan fingerprint density at radius 1 is 1.28 bits per heavy atom. The Morgan fingerprint density at radius 2 is 2.07 bits per heavy atom. The lowest BCUT2D eigenvalue weighted by Crippen LogP contribution is -2.14. The minimum absolute atomic E-state index is 0.447. The molecule has 0 saturated carbocycles. The molecule has 0 radical (unpaired) electrons. The molecule has 0 bridgehead atoms. The molecule has 3 rings (SSSR count). The normalized spacial score (nSPS) is 10.9. The number of thiophene rings is 1. The monoisotopic (exact) mass is 404 g/mol. The summed E-state index contributed by atoms with van der Waals surface area (Å²) >= 11 is 1.78. The highest BCUT2D eigenvalue weighted by Gasteiger charge is 2.18. The molecule has 2 heterocycles. The molecule has 0 saturated heterocycles. The predicted molar refractivity (Wildman–Crippen MR) is 126 cm³/mol. The lowest BCUT2D eigenvalue weighted by Gasteiger charge is -2.19. The standard InChI is InChI=1S/C24H28N4S/c1-6-20(7-2)28-23-12-11-19(18(5)26-16-17(4)25-8-3)14-22(23)27-24(28)15-21-10-9-13-29-21/h9-14,20,26H,3-7,15-16H2,1-2H3. The maximum atomic E-state index is 5.02. The molecular formula is C24H28N4S. The molecule has 5 heteroatoms. The van der Waals surface area contributed by atoms with Crippen molar-refractivity contribution in [3.05, 3.63) is 77.4 Å². The fourth-order valence-electron chi connectivity index (χ4n) is 3.55. The predicted octanol–water partition coefficient (Wildman–Crippen LogP) is 5.98. The van der Waals surface area contributed by atoms with E-state index in [1.165, 1.54) is 10.4 Å². The third-order valence-electron chi connectivity index (χ3n) is 5.07. The molecule has 2 aromatic heterocycles. The minimum atomic E-state index is 0.447. The highest BCUT2D eigenvalue weighted by Crippen LogP contribution is 2.29. The highest BCUT2D eigenvalue weighted by molar-refractivity contribution is 7.09. The van der Waals surface area contributed by atoms with Crippen LogP contribution in [0.1, 0.15) is 49.0 Å². The van der Waals surface area contributed by atoms with Crippen LogP contribution in [0.25, 0.3) is 16.7 Å². The molecule has 4 nitrogen and oxygen atoms in total. The zero-order chi connectivity index (χ0) is 20.8. The summed E-state index contributed by atoms with van der Waals surface area (Å²) in [5.74, 6) is 3.62. The van der Waals surface area contributed by atoms with Crippen LogP contribution in [0.2, 0.25) is 0 Å². The molecule has 1 aromatic carbocycles. The summed E-state index contributed by atoms with van der Waals surface area (Å²) in [6.45, 7) is 16.5. The van der Waals surface area contributed by atoms with Crippen LogP contribution in [0.5, 0.6) is 0 Å². The summed E-state index contributed by atoms with van der Waals surface area (Å²) in [7, 11) is 0. The van der Waals surface area contributed by atoms with Crippen molar-refractivity contribution in [1.29, 1.82) is 0 Å². The van der Waals surface area contributed by atoms with Gasteiger partial charge in [-0.15, -0.1) is 11.3 Å². The fraction of sp³-hybridized carbons (Fsp3) is 0.292. The van der Waals surface area contributed by atoms with Crippen LogP contribution in [0.4, 0.5) is 0 Å². The van der Waals surface area contributed by atoms with Gasteiger partial charge in [-0.2, -0.15) is 0 Å². The first-order valence-corrected chi connectivity index (χ1v) is 10.8. The Balaban J connectivity index is 1.94. The largest absolute Gasteiger partial charge is 0.379 e. The van der Waals surface area contributed by atoms with Crippen LogP contribution >= 0.6 is 11.3 Å². The van der Waals surface area contributed by atoms with Crippen LogP contribution in [-0.4, -0.2) is 22.0 Å². The summed E-state index contributed by atoms with van der Waals surface area (Å²) in [5.41, 5.74) is 4.70. The van der Waals surface area contributed by atoms with E-state index >= 15 is 0 Å². The molecule has 0 aliphatic rings. The van der Waals surface area contributed by atoms with Crippen LogP contribution in [0.3, 0.4) is 0 Å². The average molecular weight is 405 g/mol. The van der Waals surface area contributed by atoms with Crippen LogP contribution < -0.4 is 5.32 Å². The molecule has 150 valence electrons. The zero-order valence-corrected chi connectivity index (χ0v) is 18.1. The van der Waals surface area contributed by atoms with Crippen LogP contribution in [-0.2, 0) is 6.42 Å². The topological polar surface area (TPSA) is 42.2 Å². The van der Waals surface area contributed by atoms with E-state index in [0.717, 1.165) is 41.9 Å². The molecule has 0 aliphatic carbocycles. The van der Waals surface area contributed by atoms with E-state index in [0.29, 0.717) is 18.3 Å². The Morgan fingerprint density at radius 3 is 2.72 bits per heavy atom. The average Bonchev–Trinajstić information content (AvgIpc) is 3.35. The van der Waals surface area contributed by atoms with E-state index < -0.39 is 0 Å². The van der Waals surface area contributed by atoms with Crippen LogP contribution in [0, 0.1) is 0 Å². The van der Waals surface area contributed by atoms with Gasteiger partial charge in [-0.25, -0.2) is 9.98 Å².